The van der Waals surface area contributed by atoms with Gasteiger partial charge in [0.15, 0.2) is 0 Å². The Bertz CT molecular complexity index is 323. The lowest BCUT2D eigenvalue weighted by molar-refractivity contribution is 0.0797. The van der Waals surface area contributed by atoms with Crippen molar-refractivity contribution in [3.8, 4) is 0 Å². The molecule has 1 aromatic rings. The van der Waals surface area contributed by atoms with E-state index in [0.29, 0.717) is 18.1 Å². The molecule has 2 rings (SSSR count). The van der Waals surface area contributed by atoms with Crippen LogP contribution in [0.2, 0.25) is 0 Å². The van der Waals surface area contributed by atoms with E-state index in [1.165, 1.54) is 5.56 Å². The third-order valence-corrected chi connectivity index (χ3v) is 3.76. The van der Waals surface area contributed by atoms with Crippen molar-refractivity contribution in [3.63, 3.8) is 0 Å². The van der Waals surface area contributed by atoms with Gasteiger partial charge in [-0.25, -0.2) is 0 Å². The third-order valence-electron chi connectivity index (χ3n) is 3.76. The van der Waals surface area contributed by atoms with Gasteiger partial charge in [0.25, 0.3) is 0 Å². The zero-order valence-electron chi connectivity index (χ0n) is 10.5. The molecule has 1 aliphatic heterocycles. The molecule has 0 unspecified atom stereocenters. The van der Waals surface area contributed by atoms with Gasteiger partial charge >= 0.3 is 0 Å². The van der Waals surface area contributed by atoms with Crippen molar-refractivity contribution in [1.82, 2.24) is 10.2 Å². The minimum absolute atomic E-state index is 0.583. The number of benzene rings is 1. The first-order valence-corrected chi connectivity index (χ1v) is 6.21. The van der Waals surface area contributed by atoms with Gasteiger partial charge in [-0.3, -0.25) is 4.90 Å². The molecule has 88 valence electrons. The van der Waals surface area contributed by atoms with Crippen molar-refractivity contribution in [3.05, 3.63) is 35.9 Å². The Morgan fingerprint density at radius 1 is 1.19 bits per heavy atom. The van der Waals surface area contributed by atoms with Crippen LogP contribution < -0.4 is 5.32 Å². The number of hydrogen-bond donors (Lipinski definition) is 1. The van der Waals surface area contributed by atoms with Crippen LogP contribution in [-0.2, 0) is 6.54 Å². The highest BCUT2D eigenvalue weighted by atomic mass is 15.3. The molecule has 16 heavy (non-hydrogen) atoms. The zero-order chi connectivity index (χ0) is 11.5. The standard InChI is InChI=1S/C14H22N2/c1-11-9-15-12(2)13(3)16(11)10-14-7-5-4-6-8-14/h4-8,11-13,15H,9-10H2,1-3H3/t11-,12+,13-/m1/s1. The van der Waals surface area contributed by atoms with Crippen LogP contribution >= 0.6 is 0 Å². The second-order valence-corrected chi connectivity index (χ2v) is 4.94. The Kier molecular flexibility index (Phi) is 3.62. The zero-order valence-corrected chi connectivity index (χ0v) is 10.5. The number of rotatable bonds is 2. The van der Waals surface area contributed by atoms with Gasteiger partial charge in [-0.15, -0.1) is 0 Å². The molecule has 1 heterocycles. The van der Waals surface area contributed by atoms with Gasteiger partial charge in [0, 0.05) is 31.2 Å². The van der Waals surface area contributed by atoms with Crippen molar-refractivity contribution in [2.45, 2.75) is 45.4 Å². The Hall–Kier alpha value is -0.860. The molecule has 0 aliphatic carbocycles. The summed E-state index contributed by atoms with van der Waals surface area (Å²) < 4.78 is 0. The predicted molar refractivity (Wildman–Crippen MR) is 68.4 cm³/mol. The van der Waals surface area contributed by atoms with Crippen LogP contribution in [-0.4, -0.2) is 29.6 Å². The average Bonchev–Trinajstić information content (AvgIpc) is 2.31. The van der Waals surface area contributed by atoms with Crippen LogP contribution in [0.4, 0.5) is 0 Å². The second-order valence-electron chi connectivity index (χ2n) is 4.94. The van der Waals surface area contributed by atoms with E-state index in [1.54, 1.807) is 0 Å². The van der Waals surface area contributed by atoms with E-state index >= 15 is 0 Å². The summed E-state index contributed by atoms with van der Waals surface area (Å²) >= 11 is 0. The fraction of sp³-hybridized carbons (Fsp3) is 0.571. The lowest BCUT2D eigenvalue weighted by atomic mass is 10.0. The van der Waals surface area contributed by atoms with Crippen LogP contribution in [0.3, 0.4) is 0 Å². The van der Waals surface area contributed by atoms with Gasteiger partial charge in [-0.1, -0.05) is 30.3 Å². The van der Waals surface area contributed by atoms with Gasteiger partial charge in [0.1, 0.15) is 0 Å². The summed E-state index contributed by atoms with van der Waals surface area (Å²) in [6, 6.07) is 12.6. The van der Waals surface area contributed by atoms with Crippen molar-refractivity contribution >= 4 is 0 Å². The van der Waals surface area contributed by atoms with Gasteiger partial charge < -0.3 is 5.32 Å². The maximum atomic E-state index is 3.56. The Balaban J connectivity index is 2.07. The molecule has 3 atom stereocenters. The monoisotopic (exact) mass is 218 g/mol. The minimum atomic E-state index is 0.583. The van der Waals surface area contributed by atoms with Crippen molar-refractivity contribution in [2.75, 3.05) is 6.54 Å². The summed E-state index contributed by atoms with van der Waals surface area (Å²) in [4.78, 5) is 2.59. The summed E-state index contributed by atoms with van der Waals surface area (Å²) in [6.07, 6.45) is 0. The molecule has 2 heteroatoms. The van der Waals surface area contributed by atoms with E-state index in [0.717, 1.165) is 13.1 Å². The highest BCUT2D eigenvalue weighted by Crippen LogP contribution is 2.17. The number of hydrogen-bond acceptors (Lipinski definition) is 2. The van der Waals surface area contributed by atoms with Crippen LogP contribution in [0.5, 0.6) is 0 Å². The molecular formula is C14H22N2. The lowest BCUT2D eigenvalue weighted by Gasteiger charge is -2.43. The van der Waals surface area contributed by atoms with Gasteiger partial charge in [-0.05, 0) is 26.3 Å². The first-order chi connectivity index (χ1) is 7.68. The van der Waals surface area contributed by atoms with Gasteiger partial charge in [0.05, 0.1) is 0 Å². The first kappa shape index (κ1) is 11.6. The SMILES string of the molecule is C[C@@H]1NC[C@@H](C)N(Cc2ccccc2)[C@@H]1C. The summed E-state index contributed by atoms with van der Waals surface area (Å²) in [5.41, 5.74) is 1.41. The van der Waals surface area contributed by atoms with Gasteiger partial charge in [-0.2, -0.15) is 0 Å². The fourth-order valence-corrected chi connectivity index (χ4v) is 2.43. The van der Waals surface area contributed by atoms with Crippen LogP contribution in [0, 0.1) is 0 Å². The molecule has 0 radical (unpaired) electrons. The Labute approximate surface area is 98.7 Å². The summed E-state index contributed by atoms with van der Waals surface area (Å²) in [7, 11) is 0. The number of piperazine rings is 1. The van der Waals surface area contributed by atoms with Crippen molar-refractivity contribution < 1.29 is 0 Å². The Morgan fingerprint density at radius 2 is 1.88 bits per heavy atom. The summed E-state index contributed by atoms with van der Waals surface area (Å²) in [5, 5.41) is 3.56. The molecule has 1 fully saturated rings. The van der Waals surface area contributed by atoms with Crippen LogP contribution in [0.25, 0.3) is 0 Å². The molecular weight excluding hydrogens is 196 g/mol. The normalized spacial score (nSPS) is 31.6. The van der Waals surface area contributed by atoms with Crippen LogP contribution in [0.15, 0.2) is 30.3 Å². The summed E-state index contributed by atoms with van der Waals surface area (Å²) in [5.74, 6) is 0. The molecule has 1 saturated heterocycles. The van der Waals surface area contributed by atoms with E-state index in [1.807, 2.05) is 0 Å². The third kappa shape index (κ3) is 2.45. The number of nitrogens with zero attached hydrogens (tertiary/aromatic N) is 1. The Morgan fingerprint density at radius 3 is 2.56 bits per heavy atom. The predicted octanol–water partition coefficient (Wildman–Crippen LogP) is 2.26. The fourth-order valence-electron chi connectivity index (χ4n) is 2.43. The highest BCUT2D eigenvalue weighted by molar-refractivity contribution is 5.15. The summed E-state index contributed by atoms with van der Waals surface area (Å²) in [6.45, 7) is 9.05. The quantitative estimate of drug-likeness (QED) is 0.819. The van der Waals surface area contributed by atoms with Crippen molar-refractivity contribution in [2.24, 2.45) is 0 Å². The molecule has 1 aromatic carbocycles. The van der Waals surface area contributed by atoms with E-state index in [4.69, 9.17) is 0 Å². The molecule has 1 N–H and O–H groups in total. The molecule has 0 bridgehead atoms. The number of nitrogens with one attached hydrogen (secondary N) is 1. The first-order valence-electron chi connectivity index (χ1n) is 6.21. The van der Waals surface area contributed by atoms with E-state index in [9.17, 15) is 0 Å². The van der Waals surface area contributed by atoms with E-state index in [2.05, 4.69) is 61.3 Å². The average molecular weight is 218 g/mol. The van der Waals surface area contributed by atoms with Crippen molar-refractivity contribution in [1.29, 1.82) is 0 Å². The molecule has 0 aromatic heterocycles. The minimum Gasteiger partial charge on any atom is -0.311 e. The molecule has 0 saturated carbocycles. The lowest BCUT2D eigenvalue weighted by Crippen LogP contribution is -2.59. The van der Waals surface area contributed by atoms with Crippen LogP contribution in [0.1, 0.15) is 26.3 Å². The van der Waals surface area contributed by atoms with E-state index in [-0.39, 0.29) is 0 Å². The maximum absolute atomic E-state index is 3.56. The largest absolute Gasteiger partial charge is 0.311 e. The molecule has 1 aliphatic rings. The van der Waals surface area contributed by atoms with E-state index < -0.39 is 0 Å². The molecule has 0 amide bonds. The molecule has 0 spiro atoms. The molecule has 2 nitrogen and oxygen atoms in total. The van der Waals surface area contributed by atoms with Gasteiger partial charge in [0.2, 0.25) is 0 Å². The second kappa shape index (κ2) is 4.98. The smallest absolute Gasteiger partial charge is 0.0240 e. The highest BCUT2D eigenvalue weighted by Gasteiger charge is 2.29. The topological polar surface area (TPSA) is 15.3 Å². The maximum Gasteiger partial charge on any atom is 0.0240 e.